The molecule has 4 nitrogen and oxygen atoms in total. The minimum absolute atomic E-state index is 0.0669. The molecule has 1 unspecified atom stereocenters. The van der Waals surface area contributed by atoms with E-state index < -0.39 is 0 Å². The highest BCUT2D eigenvalue weighted by atomic mass is 16.1. The molecule has 0 radical (unpaired) electrons. The van der Waals surface area contributed by atoms with Crippen LogP contribution in [-0.4, -0.2) is 30.5 Å². The van der Waals surface area contributed by atoms with Crippen LogP contribution in [0.15, 0.2) is 18.5 Å². The highest BCUT2D eigenvalue weighted by molar-refractivity contribution is 5.95. The Morgan fingerprint density at radius 1 is 1.60 bits per heavy atom. The first kappa shape index (κ1) is 11.7. The monoisotopic (exact) mass is 207 g/mol. The number of nitrogens with zero attached hydrogens (tertiary/aromatic N) is 1. The van der Waals surface area contributed by atoms with Crippen molar-refractivity contribution < 1.29 is 4.79 Å². The predicted octanol–water partition coefficient (Wildman–Crippen LogP) is 0.728. The summed E-state index contributed by atoms with van der Waals surface area (Å²) in [5.74, 6) is -0.0669. The van der Waals surface area contributed by atoms with Crippen LogP contribution >= 0.6 is 0 Å². The van der Waals surface area contributed by atoms with Crippen LogP contribution in [0, 0.1) is 6.92 Å². The summed E-state index contributed by atoms with van der Waals surface area (Å²) < 4.78 is 0. The fourth-order valence-electron chi connectivity index (χ4n) is 1.14. The smallest absolute Gasteiger partial charge is 0.253 e. The molecule has 2 N–H and O–H groups in total. The minimum atomic E-state index is -0.0669. The van der Waals surface area contributed by atoms with Gasteiger partial charge in [-0.2, -0.15) is 0 Å². The van der Waals surface area contributed by atoms with Gasteiger partial charge in [-0.05, 0) is 32.5 Å². The Balaban J connectivity index is 2.58. The zero-order chi connectivity index (χ0) is 11.3. The van der Waals surface area contributed by atoms with Crippen molar-refractivity contribution in [3.8, 4) is 0 Å². The lowest BCUT2D eigenvalue weighted by molar-refractivity contribution is 0.0949. The second-order valence-electron chi connectivity index (χ2n) is 3.59. The van der Waals surface area contributed by atoms with Gasteiger partial charge in [-0.15, -0.1) is 0 Å². The van der Waals surface area contributed by atoms with Crippen molar-refractivity contribution in [1.82, 2.24) is 15.6 Å². The van der Waals surface area contributed by atoms with Crippen molar-refractivity contribution in [2.75, 3.05) is 13.6 Å². The summed E-state index contributed by atoms with van der Waals surface area (Å²) in [6.45, 7) is 4.53. The average molecular weight is 207 g/mol. The van der Waals surface area contributed by atoms with Gasteiger partial charge in [0.05, 0.1) is 5.56 Å². The maximum absolute atomic E-state index is 11.7. The molecule has 0 bridgehead atoms. The molecule has 0 spiro atoms. The zero-order valence-corrected chi connectivity index (χ0v) is 9.37. The molecular weight excluding hydrogens is 190 g/mol. The van der Waals surface area contributed by atoms with Crippen LogP contribution in [0.5, 0.6) is 0 Å². The molecule has 0 aliphatic heterocycles. The summed E-state index contributed by atoms with van der Waals surface area (Å²) in [5.41, 5.74) is 1.58. The predicted molar refractivity (Wildman–Crippen MR) is 59.8 cm³/mol. The quantitative estimate of drug-likeness (QED) is 0.765. The molecule has 1 aromatic heterocycles. The van der Waals surface area contributed by atoms with Crippen molar-refractivity contribution in [3.63, 3.8) is 0 Å². The number of aromatic nitrogens is 1. The molecule has 15 heavy (non-hydrogen) atoms. The Morgan fingerprint density at radius 3 is 2.93 bits per heavy atom. The van der Waals surface area contributed by atoms with E-state index in [-0.39, 0.29) is 11.9 Å². The molecule has 1 atom stereocenters. The Morgan fingerprint density at radius 2 is 2.33 bits per heavy atom. The van der Waals surface area contributed by atoms with E-state index in [9.17, 15) is 4.79 Å². The van der Waals surface area contributed by atoms with Crippen LogP contribution < -0.4 is 10.6 Å². The number of amides is 1. The van der Waals surface area contributed by atoms with Gasteiger partial charge >= 0.3 is 0 Å². The van der Waals surface area contributed by atoms with E-state index in [1.165, 1.54) is 0 Å². The number of likely N-dealkylation sites (N-methyl/N-ethyl adjacent to an activating group) is 1. The Bertz CT molecular complexity index is 338. The molecule has 0 aliphatic carbocycles. The topological polar surface area (TPSA) is 54.0 Å². The van der Waals surface area contributed by atoms with Gasteiger partial charge in [-0.3, -0.25) is 9.78 Å². The molecule has 0 aliphatic rings. The van der Waals surface area contributed by atoms with E-state index in [1.807, 2.05) is 27.0 Å². The number of nitrogens with one attached hydrogen (secondary N) is 2. The van der Waals surface area contributed by atoms with Crippen LogP contribution in [0.1, 0.15) is 22.8 Å². The molecule has 1 heterocycles. The van der Waals surface area contributed by atoms with Crippen molar-refractivity contribution in [3.05, 3.63) is 29.6 Å². The van der Waals surface area contributed by atoms with E-state index in [4.69, 9.17) is 0 Å². The maximum atomic E-state index is 11.7. The standard InChI is InChI=1S/C11H17N3O/c1-8-4-5-13-7-10(8)11(15)14-6-9(2)12-3/h4-5,7,9,12H,6H2,1-3H3,(H,14,15). The lowest BCUT2D eigenvalue weighted by atomic mass is 10.1. The second-order valence-corrected chi connectivity index (χ2v) is 3.59. The van der Waals surface area contributed by atoms with E-state index in [0.717, 1.165) is 5.56 Å². The average Bonchev–Trinajstić information content (AvgIpc) is 2.26. The fraction of sp³-hybridized carbons (Fsp3) is 0.455. The van der Waals surface area contributed by atoms with Crippen LogP contribution in [0.3, 0.4) is 0 Å². The van der Waals surface area contributed by atoms with Gasteiger partial charge in [0.2, 0.25) is 0 Å². The number of hydrogen-bond donors (Lipinski definition) is 2. The zero-order valence-electron chi connectivity index (χ0n) is 9.37. The highest BCUT2D eigenvalue weighted by Gasteiger charge is 2.08. The number of hydrogen-bond acceptors (Lipinski definition) is 3. The van der Waals surface area contributed by atoms with Crippen molar-refractivity contribution in [1.29, 1.82) is 0 Å². The van der Waals surface area contributed by atoms with E-state index in [2.05, 4.69) is 15.6 Å². The van der Waals surface area contributed by atoms with E-state index in [0.29, 0.717) is 12.1 Å². The van der Waals surface area contributed by atoms with Crippen molar-refractivity contribution in [2.45, 2.75) is 19.9 Å². The van der Waals surface area contributed by atoms with Crippen molar-refractivity contribution in [2.24, 2.45) is 0 Å². The van der Waals surface area contributed by atoms with Gasteiger partial charge in [0.15, 0.2) is 0 Å². The van der Waals surface area contributed by atoms with Crippen LogP contribution in [0.25, 0.3) is 0 Å². The molecule has 1 aromatic rings. The number of carbonyl (C=O) groups is 1. The second kappa shape index (κ2) is 5.46. The molecule has 4 heteroatoms. The van der Waals surface area contributed by atoms with Gasteiger partial charge in [0.25, 0.3) is 5.91 Å². The Kier molecular flexibility index (Phi) is 4.24. The summed E-state index contributed by atoms with van der Waals surface area (Å²) in [6, 6.07) is 2.10. The van der Waals surface area contributed by atoms with E-state index >= 15 is 0 Å². The molecule has 0 aromatic carbocycles. The summed E-state index contributed by atoms with van der Waals surface area (Å²) in [5, 5.41) is 5.91. The maximum Gasteiger partial charge on any atom is 0.253 e. The highest BCUT2D eigenvalue weighted by Crippen LogP contribution is 2.03. The first-order valence-corrected chi connectivity index (χ1v) is 5.01. The lowest BCUT2D eigenvalue weighted by Gasteiger charge is -2.11. The lowest BCUT2D eigenvalue weighted by Crippen LogP contribution is -2.37. The van der Waals surface area contributed by atoms with Crippen LogP contribution in [0.2, 0.25) is 0 Å². The number of pyridine rings is 1. The third-order valence-electron chi connectivity index (χ3n) is 2.35. The van der Waals surface area contributed by atoms with Crippen LogP contribution in [0.4, 0.5) is 0 Å². The van der Waals surface area contributed by atoms with Crippen LogP contribution in [-0.2, 0) is 0 Å². The molecule has 0 saturated heterocycles. The largest absolute Gasteiger partial charge is 0.350 e. The molecule has 82 valence electrons. The SMILES string of the molecule is CNC(C)CNC(=O)c1cnccc1C. The number of aryl methyl sites for hydroxylation is 1. The first-order valence-electron chi connectivity index (χ1n) is 5.01. The van der Waals surface area contributed by atoms with Crippen molar-refractivity contribution >= 4 is 5.91 Å². The number of rotatable bonds is 4. The van der Waals surface area contributed by atoms with Gasteiger partial charge in [-0.25, -0.2) is 0 Å². The fourth-order valence-corrected chi connectivity index (χ4v) is 1.14. The third-order valence-corrected chi connectivity index (χ3v) is 2.35. The summed E-state index contributed by atoms with van der Waals surface area (Å²) in [4.78, 5) is 15.6. The Hall–Kier alpha value is -1.42. The third kappa shape index (κ3) is 3.32. The normalized spacial score (nSPS) is 12.2. The molecule has 1 amide bonds. The summed E-state index contributed by atoms with van der Waals surface area (Å²) in [6.07, 6.45) is 3.27. The first-order chi connectivity index (χ1) is 7.15. The minimum Gasteiger partial charge on any atom is -0.350 e. The van der Waals surface area contributed by atoms with Gasteiger partial charge < -0.3 is 10.6 Å². The Labute approximate surface area is 90.1 Å². The van der Waals surface area contributed by atoms with Gasteiger partial charge in [0.1, 0.15) is 0 Å². The molecule has 0 fully saturated rings. The molecule has 1 rings (SSSR count). The van der Waals surface area contributed by atoms with E-state index in [1.54, 1.807) is 12.4 Å². The van der Waals surface area contributed by atoms with Gasteiger partial charge in [-0.1, -0.05) is 0 Å². The molecule has 0 saturated carbocycles. The summed E-state index contributed by atoms with van der Waals surface area (Å²) >= 11 is 0. The van der Waals surface area contributed by atoms with Gasteiger partial charge in [0, 0.05) is 25.0 Å². The number of carbonyl (C=O) groups excluding carboxylic acids is 1. The summed E-state index contributed by atoms with van der Waals surface area (Å²) in [7, 11) is 1.87. The molecular formula is C11H17N3O.